The van der Waals surface area contributed by atoms with E-state index >= 15 is 0 Å². The van der Waals surface area contributed by atoms with Gasteiger partial charge in [-0.05, 0) is 31.2 Å². The van der Waals surface area contributed by atoms with Crippen LogP contribution in [0.5, 0.6) is 0 Å². The molecule has 6 heteroatoms. The Labute approximate surface area is 148 Å². The Morgan fingerprint density at radius 2 is 1.80 bits per heavy atom. The van der Waals surface area contributed by atoms with Crippen molar-refractivity contribution in [3.05, 3.63) is 35.9 Å². The number of amides is 3. The summed E-state index contributed by atoms with van der Waals surface area (Å²) in [5, 5.41) is 6.05. The molecule has 3 amide bonds. The first kappa shape index (κ1) is 16.4. The lowest BCUT2D eigenvalue weighted by molar-refractivity contribution is -0.127. The summed E-state index contributed by atoms with van der Waals surface area (Å²) in [6.07, 6.45) is 4.04. The zero-order valence-electron chi connectivity index (χ0n) is 14.5. The van der Waals surface area contributed by atoms with E-state index in [2.05, 4.69) is 15.5 Å². The second-order valence-corrected chi connectivity index (χ2v) is 7.29. The van der Waals surface area contributed by atoms with Gasteiger partial charge in [0.25, 0.3) is 0 Å². The molecule has 0 unspecified atom stereocenters. The van der Waals surface area contributed by atoms with Crippen LogP contribution < -0.4 is 10.6 Å². The molecular weight excluding hydrogens is 316 g/mol. The van der Waals surface area contributed by atoms with Crippen LogP contribution in [-0.2, 0) is 4.79 Å². The number of hydrogen-bond acceptors (Lipinski definition) is 3. The molecule has 0 radical (unpaired) electrons. The van der Waals surface area contributed by atoms with E-state index in [1.165, 1.54) is 0 Å². The van der Waals surface area contributed by atoms with Gasteiger partial charge >= 0.3 is 6.03 Å². The van der Waals surface area contributed by atoms with Crippen LogP contribution in [0.4, 0.5) is 4.79 Å². The third-order valence-electron chi connectivity index (χ3n) is 5.48. The number of hydrogen-bond donors (Lipinski definition) is 2. The molecule has 0 aromatic heterocycles. The summed E-state index contributed by atoms with van der Waals surface area (Å²) in [7, 11) is 0. The number of likely N-dealkylation sites (tertiary alicyclic amines) is 1. The minimum Gasteiger partial charge on any atom is -0.352 e. The quantitative estimate of drug-likeness (QED) is 0.852. The highest BCUT2D eigenvalue weighted by molar-refractivity contribution is 5.83. The van der Waals surface area contributed by atoms with E-state index in [9.17, 15) is 9.59 Å². The van der Waals surface area contributed by atoms with Gasteiger partial charge in [-0.1, -0.05) is 30.3 Å². The Hall–Kier alpha value is -2.08. The molecular formula is C19H26N4O2. The highest BCUT2D eigenvalue weighted by atomic mass is 16.2. The number of benzene rings is 1. The Kier molecular flexibility index (Phi) is 4.61. The van der Waals surface area contributed by atoms with Gasteiger partial charge in [0.05, 0.1) is 0 Å². The lowest BCUT2D eigenvalue weighted by atomic mass is 9.98. The van der Waals surface area contributed by atoms with Crippen molar-refractivity contribution in [3.63, 3.8) is 0 Å². The lowest BCUT2D eigenvalue weighted by Gasteiger charge is -2.39. The molecule has 3 fully saturated rings. The average molecular weight is 342 g/mol. The molecule has 134 valence electrons. The van der Waals surface area contributed by atoms with E-state index in [0.29, 0.717) is 12.1 Å². The van der Waals surface area contributed by atoms with E-state index in [1.807, 2.05) is 35.2 Å². The fraction of sp³-hybridized carbons (Fsp3) is 0.579. The number of carbonyl (C=O) groups is 2. The molecule has 1 saturated carbocycles. The molecule has 0 bridgehead atoms. The predicted molar refractivity (Wildman–Crippen MR) is 95.0 cm³/mol. The summed E-state index contributed by atoms with van der Waals surface area (Å²) >= 11 is 0. The zero-order valence-corrected chi connectivity index (χ0v) is 14.5. The normalized spacial score (nSPS) is 23.4. The molecule has 0 spiro atoms. The van der Waals surface area contributed by atoms with Crippen LogP contribution in [0.25, 0.3) is 0 Å². The van der Waals surface area contributed by atoms with Crippen LogP contribution >= 0.6 is 0 Å². The number of urea groups is 1. The molecule has 2 N–H and O–H groups in total. The van der Waals surface area contributed by atoms with Gasteiger partial charge in [-0.15, -0.1) is 0 Å². The summed E-state index contributed by atoms with van der Waals surface area (Å²) in [6, 6.07) is 10.5. The van der Waals surface area contributed by atoms with E-state index < -0.39 is 0 Å². The number of nitrogens with zero attached hydrogens (tertiary/aromatic N) is 2. The summed E-state index contributed by atoms with van der Waals surface area (Å²) in [4.78, 5) is 29.0. The van der Waals surface area contributed by atoms with Gasteiger partial charge in [-0.25, -0.2) is 4.79 Å². The van der Waals surface area contributed by atoms with Gasteiger partial charge in [-0.2, -0.15) is 0 Å². The second-order valence-electron chi connectivity index (χ2n) is 7.29. The van der Waals surface area contributed by atoms with Crippen molar-refractivity contribution in [1.82, 2.24) is 20.4 Å². The molecule has 2 saturated heterocycles. The van der Waals surface area contributed by atoms with Crippen LogP contribution in [0.2, 0.25) is 0 Å². The standard InChI is InChI=1S/C19H26N4O2/c24-18(21-15-6-7-15)17(14-4-2-1-3-5-14)22-11-8-16(9-12-22)23-13-10-20-19(23)25/h1-5,15-17H,6-13H2,(H,20,25)(H,21,24)/t17-/m1/s1. The molecule has 3 aliphatic rings. The first-order valence-electron chi connectivity index (χ1n) is 9.36. The molecule has 1 aliphatic carbocycles. The van der Waals surface area contributed by atoms with Crippen molar-refractivity contribution in [2.24, 2.45) is 0 Å². The summed E-state index contributed by atoms with van der Waals surface area (Å²) in [5.41, 5.74) is 1.05. The Morgan fingerprint density at radius 3 is 2.40 bits per heavy atom. The highest BCUT2D eigenvalue weighted by Crippen LogP contribution is 2.29. The van der Waals surface area contributed by atoms with E-state index in [1.54, 1.807) is 0 Å². The van der Waals surface area contributed by atoms with E-state index in [4.69, 9.17) is 0 Å². The number of carbonyl (C=O) groups excluding carboxylic acids is 2. The Balaban J connectivity index is 1.44. The fourth-order valence-corrected chi connectivity index (χ4v) is 3.96. The fourth-order valence-electron chi connectivity index (χ4n) is 3.96. The third kappa shape index (κ3) is 3.63. The van der Waals surface area contributed by atoms with Crippen molar-refractivity contribution < 1.29 is 9.59 Å². The maximum Gasteiger partial charge on any atom is 0.317 e. The largest absolute Gasteiger partial charge is 0.352 e. The molecule has 1 aromatic carbocycles. The molecule has 4 rings (SSSR count). The Bertz CT molecular complexity index is 624. The smallest absolute Gasteiger partial charge is 0.317 e. The van der Waals surface area contributed by atoms with Crippen LogP contribution in [0, 0.1) is 0 Å². The number of piperidine rings is 1. The SMILES string of the molecule is O=C(NC1CC1)[C@@H](c1ccccc1)N1CCC(N2CCNC2=O)CC1. The predicted octanol–water partition coefficient (Wildman–Crippen LogP) is 1.50. The third-order valence-corrected chi connectivity index (χ3v) is 5.48. The summed E-state index contributed by atoms with van der Waals surface area (Å²) in [6.45, 7) is 3.22. The van der Waals surface area contributed by atoms with Crippen LogP contribution in [0.15, 0.2) is 30.3 Å². The highest BCUT2D eigenvalue weighted by Gasteiger charge is 2.36. The van der Waals surface area contributed by atoms with Gasteiger partial charge in [0.2, 0.25) is 5.91 Å². The average Bonchev–Trinajstić information content (AvgIpc) is 3.34. The number of nitrogens with one attached hydrogen (secondary N) is 2. The molecule has 1 aromatic rings. The van der Waals surface area contributed by atoms with Crippen molar-refractivity contribution >= 4 is 11.9 Å². The topological polar surface area (TPSA) is 64.7 Å². The van der Waals surface area contributed by atoms with E-state index in [-0.39, 0.29) is 18.0 Å². The first-order valence-corrected chi connectivity index (χ1v) is 9.36. The van der Waals surface area contributed by atoms with Gasteiger partial charge in [0, 0.05) is 38.3 Å². The minimum absolute atomic E-state index is 0.0598. The first-order chi connectivity index (χ1) is 12.2. The maximum absolute atomic E-state index is 12.9. The van der Waals surface area contributed by atoms with Crippen molar-refractivity contribution in [3.8, 4) is 0 Å². The van der Waals surface area contributed by atoms with Crippen molar-refractivity contribution in [1.29, 1.82) is 0 Å². The summed E-state index contributed by atoms with van der Waals surface area (Å²) < 4.78 is 0. The Morgan fingerprint density at radius 1 is 1.08 bits per heavy atom. The molecule has 1 atom stereocenters. The van der Waals surface area contributed by atoms with Crippen molar-refractivity contribution in [2.75, 3.05) is 26.2 Å². The van der Waals surface area contributed by atoms with E-state index in [0.717, 1.165) is 57.4 Å². The molecule has 25 heavy (non-hydrogen) atoms. The monoisotopic (exact) mass is 342 g/mol. The second kappa shape index (κ2) is 7.04. The molecule has 2 aliphatic heterocycles. The minimum atomic E-state index is -0.227. The van der Waals surface area contributed by atoms with Crippen LogP contribution in [0.3, 0.4) is 0 Å². The molecule has 2 heterocycles. The molecule has 6 nitrogen and oxygen atoms in total. The van der Waals surface area contributed by atoms with Gasteiger partial charge in [0.1, 0.15) is 6.04 Å². The van der Waals surface area contributed by atoms with Crippen LogP contribution in [0.1, 0.15) is 37.3 Å². The zero-order chi connectivity index (χ0) is 17.2. The van der Waals surface area contributed by atoms with Gasteiger partial charge in [-0.3, -0.25) is 9.69 Å². The van der Waals surface area contributed by atoms with Gasteiger partial charge in [0.15, 0.2) is 0 Å². The van der Waals surface area contributed by atoms with Crippen LogP contribution in [-0.4, -0.2) is 60.0 Å². The lowest BCUT2D eigenvalue weighted by Crippen LogP contribution is -2.49. The summed E-state index contributed by atoms with van der Waals surface area (Å²) in [5.74, 6) is 0.117. The van der Waals surface area contributed by atoms with Crippen molar-refractivity contribution in [2.45, 2.75) is 43.8 Å². The number of rotatable bonds is 5. The maximum atomic E-state index is 12.9. The van der Waals surface area contributed by atoms with Gasteiger partial charge < -0.3 is 15.5 Å².